The third-order valence-corrected chi connectivity index (χ3v) is 9.78. The lowest BCUT2D eigenvalue weighted by molar-refractivity contribution is -0.0250. The van der Waals surface area contributed by atoms with E-state index in [9.17, 15) is 0 Å². The minimum atomic E-state index is 0.470. The predicted molar refractivity (Wildman–Crippen MR) is 111 cm³/mol. The second kappa shape index (κ2) is 7.93. The molecule has 0 heteroatoms. The van der Waals surface area contributed by atoms with E-state index in [0.29, 0.717) is 10.8 Å². The Bertz CT molecular complexity index is 398. The van der Waals surface area contributed by atoms with Crippen LogP contribution in [0.2, 0.25) is 0 Å². The Kier molecular flexibility index (Phi) is 6.27. The minimum Gasteiger partial charge on any atom is -0.0651 e. The number of hydrogen-bond acceptors (Lipinski definition) is 0. The molecule has 3 aliphatic carbocycles. The average Bonchev–Trinajstić information content (AvgIpc) is 3.05. The first kappa shape index (κ1) is 19.8. The predicted octanol–water partition coefficient (Wildman–Crippen LogP) is 8.25. The summed E-state index contributed by atoms with van der Waals surface area (Å²) in [6.07, 6.45) is 19.6. The molecule has 3 fully saturated rings. The van der Waals surface area contributed by atoms with E-state index < -0.39 is 0 Å². The van der Waals surface area contributed by atoms with Crippen molar-refractivity contribution in [3.63, 3.8) is 0 Å². The molecule has 0 nitrogen and oxygen atoms in total. The van der Waals surface area contributed by atoms with Gasteiger partial charge in [0.05, 0.1) is 0 Å². The lowest BCUT2D eigenvalue weighted by atomic mass is 9.53. The summed E-state index contributed by atoms with van der Waals surface area (Å²) in [6, 6.07) is 0. The van der Waals surface area contributed by atoms with Gasteiger partial charge in [-0.1, -0.05) is 98.8 Å². The van der Waals surface area contributed by atoms with Crippen molar-refractivity contribution in [2.75, 3.05) is 0 Å². The van der Waals surface area contributed by atoms with E-state index in [0.717, 1.165) is 29.6 Å². The summed E-state index contributed by atoms with van der Waals surface area (Å²) in [4.78, 5) is 0. The summed E-state index contributed by atoms with van der Waals surface area (Å²) in [6.45, 7) is 13.1. The zero-order chi connectivity index (χ0) is 18.1. The van der Waals surface area contributed by atoms with Crippen LogP contribution >= 0.6 is 0 Å². The fraction of sp³-hybridized carbons (Fsp3) is 1.00. The first-order valence-corrected chi connectivity index (χ1v) is 11.9. The van der Waals surface area contributed by atoms with Crippen LogP contribution in [0.1, 0.15) is 118 Å². The van der Waals surface area contributed by atoms with Gasteiger partial charge in [0.25, 0.3) is 0 Å². The van der Waals surface area contributed by atoms with Crippen LogP contribution in [-0.4, -0.2) is 0 Å². The Morgan fingerprint density at radius 3 is 1.80 bits per heavy atom. The van der Waals surface area contributed by atoms with Gasteiger partial charge in [0.1, 0.15) is 0 Å². The molecule has 0 aromatic heterocycles. The molecule has 0 N–H and O–H groups in total. The SMILES string of the molecule is CCC(CC1CCCCC1)C(C)(C)C(C)(C)C1CC2CCCCC2C1. The van der Waals surface area contributed by atoms with E-state index in [4.69, 9.17) is 0 Å². The molecule has 146 valence electrons. The maximum Gasteiger partial charge on any atom is -0.0272 e. The molecule has 0 aliphatic heterocycles. The van der Waals surface area contributed by atoms with Crippen molar-refractivity contribution in [2.45, 2.75) is 118 Å². The lowest BCUT2D eigenvalue weighted by Crippen LogP contribution is -2.44. The van der Waals surface area contributed by atoms with Crippen molar-refractivity contribution in [2.24, 2.45) is 40.4 Å². The molecule has 3 unspecified atom stereocenters. The molecule has 0 bridgehead atoms. The maximum atomic E-state index is 2.65. The van der Waals surface area contributed by atoms with Crippen molar-refractivity contribution in [1.29, 1.82) is 0 Å². The highest BCUT2D eigenvalue weighted by Crippen LogP contribution is 2.59. The van der Waals surface area contributed by atoms with E-state index in [1.807, 2.05) is 0 Å². The molecular weight excluding hydrogens is 300 g/mol. The number of hydrogen-bond donors (Lipinski definition) is 0. The molecule has 0 spiro atoms. The van der Waals surface area contributed by atoms with Crippen molar-refractivity contribution in [3.8, 4) is 0 Å². The highest BCUT2D eigenvalue weighted by Gasteiger charge is 2.51. The van der Waals surface area contributed by atoms with Crippen LogP contribution in [0, 0.1) is 40.4 Å². The van der Waals surface area contributed by atoms with Crippen molar-refractivity contribution in [3.05, 3.63) is 0 Å². The van der Waals surface area contributed by atoms with Crippen LogP contribution < -0.4 is 0 Å². The minimum absolute atomic E-state index is 0.470. The normalized spacial score (nSPS) is 33.2. The summed E-state index contributed by atoms with van der Waals surface area (Å²) in [5.74, 6) is 5.06. The topological polar surface area (TPSA) is 0 Å². The van der Waals surface area contributed by atoms with E-state index in [-0.39, 0.29) is 0 Å². The average molecular weight is 347 g/mol. The molecule has 3 aliphatic rings. The highest BCUT2D eigenvalue weighted by atomic mass is 14.6. The summed E-state index contributed by atoms with van der Waals surface area (Å²) < 4.78 is 0. The molecule has 0 aromatic rings. The monoisotopic (exact) mass is 346 g/mol. The number of fused-ring (bicyclic) bond motifs is 1. The first-order chi connectivity index (χ1) is 11.9. The second-order valence-electron chi connectivity index (χ2n) is 11.3. The van der Waals surface area contributed by atoms with E-state index in [1.165, 1.54) is 70.6 Å². The zero-order valence-electron chi connectivity index (χ0n) is 18.1. The third kappa shape index (κ3) is 3.98. The molecule has 3 atom stereocenters. The van der Waals surface area contributed by atoms with E-state index in [2.05, 4.69) is 34.6 Å². The first-order valence-electron chi connectivity index (χ1n) is 11.9. The third-order valence-electron chi connectivity index (χ3n) is 9.78. The van der Waals surface area contributed by atoms with Gasteiger partial charge in [-0.3, -0.25) is 0 Å². The molecule has 0 amide bonds. The van der Waals surface area contributed by atoms with Gasteiger partial charge in [0, 0.05) is 0 Å². The van der Waals surface area contributed by atoms with Crippen LogP contribution in [0.15, 0.2) is 0 Å². The maximum absolute atomic E-state index is 2.65. The summed E-state index contributed by atoms with van der Waals surface area (Å²) in [5, 5.41) is 0. The van der Waals surface area contributed by atoms with Crippen LogP contribution in [0.25, 0.3) is 0 Å². The van der Waals surface area contributed by atoms with Crippen LogP contribution in [0.3, 0.4) is 0 Å². The molecule has 0 saturated heterocycles. The van der Waals surface area contributed by atoms with Gasteiger partial charge in [-0.15, -0.1) is 0 Å². The van der Waals surface area contributed by atoms with Crippen molar-refractivity contribution < 1.29 is 0 Å². The Labute approximate surface area is 158 Å². The largest absolute Gasteiger partial charge is 0.0651 e. The zero-order valence-corrected chi connectivity index (χ0v) is 18.1. The Balaban J connectivity index is 1.69. The summed E-state index contributed by atoms with van der Waals surface area (Å²) in [7, 11) is 0. The molecule has 0 radical (unpaired) electrons. The standard InChI is InChI=1S/C25H46/c1-6-22(16-19-12-8-7-9-13-19)24(2,3)25(4,5)23-17-20-14-10-11-15-21(20)18-23/h19-23H,6-18H2,1-5H3. The Morgan fingerprint density at radius 1 is 0.760 bits per heavy atom. The molecule has 0 aromatic carbocycles. The van der Waals surface area contributed by atoms with Gasteiger partial charge in [-0.05, 0) is 59.7 Å². The van der Waals surface area contributed by atoms with Crippen LogP contribution in [0.4, 0.5) is 0 Å². The van der Waals surface area contributed by atoms with Crippen LogP contribution in [-0.2, 0) is 0 Å². The fourth-order valence-corrected chi connectivity index (χ4v) is 7.17. The van der Waals surface area contributed by atoms with Gasteiger partial charge in [0.2, 0.25) is 0 Å². The van der Waals surface area contributed by atoms with Gasteiger partial charge < -0.3 is 0 Å². The van der Waals surface area contributed by atoms with Crippen molar-refractivity contribution >= 4 is 0 Å². The molecule has 25 heavy (non-hydrogen) atoms. The Hall–Kier alpha value is 0. The van der Waals surface area contributed by atoms with Crippen LogP contribution in [0.5, 0.6) is 0 Å². The highest BCUT2D eigenvalue weighted by molar-refractivity contribution is 5.00. The quantitative estimate of drug-likeness (QED) is 0.454. The van der Waals surface area contributed by atoms with Crippen molar-refractivity contribution in [1.82, 2.24) is 0 Å². The molecule has 0 heterocycles. The van der Waals surface area contributed by atoms with Gasteiger partial charge in [0.15, 0.2) is 0 Å². The summed E-state index contributed by atoms with van der Waals surface area (Å²) >= 11 is 0. The second-order valence-corrected chi connectivity index (χ2v) is 11.3. The van der Waals surface area contributed by atoms with Gasteiger partial charge >= 0.3 is 0 Å². The fourth-order valence-electron chi connectivity index (χ4n) is 7.17. The smallest absolute Gasteiger partial charge is 0.0272 e. The molecule has 3 rings (SSSR count). The Morgan fingerprint density at radius 2 is 1.28 bits per heavy atom. The summed E-state index contributed by atoms with van der Waals surface area (Å²) in [5.41, 5.74) is 0.955. The lowest BCUT2D eigenvalue weighted by Gasteiger charge is -2.51. The van der Waals surface area contributed by atoms with E-state index >= 15 is 0 Å². The molecule has 3 saturated carbocycles. The van der Waals surface area contributed by atoms with E-state index in [1.54, 1.807) is 12.8 Å². The van der Waals surface area contributed by atoms with Gasteiger partial charge in [-0.2, -0.15) is 0 Å². The molecular formula is C25H46. The number of rotatable bonds is 6. The van der Waals surface area contributed by atoms with Gasteiger partial charge in [-0.25, -0.2) is 0 Å².